The second kappa shape index (κ2) is 7.74. The Morgan fingerprint density at radius 1 is 1.27 bits per heavy atom. The van der Waals surface area contributed by atoms with Crippen LogP contribution in [-0.2, 0) is 4.74 Å². The minimum absolute atomic E-state index is 0.190. The lowest BCUT2D eigenvalue weighted by Crippen LogP contribution is -2.27. The normalized spacial score (nSPS) is 10.7. The highest BCUT2D eigenvalue weighted by atomic mass is 19.1. The van der Waals surface area contributed by atoms with Gasteiger partial charge in [0.15, 0.2) is 6.61 Å². The molecule has 0 atom stereocenters. The van der Waals surface area contributed by atoms with Crippen LogP contribution in [0.5, 0.6) is 5.75 Å². The quantitative estimate of drug-likeness (QED) is 0.794. The van der Waals surface area contributed by atoms with Crippen LogP contribution in [0.4, 0.5) is 20.6 Å². The van der Waals surface area contributed by atoms with Crippen LogP contribution in [0.2, 0.25) is 0 Å². The van der Waals surface area contributed by atoms with Gasteiger partial charge >= 0.3 is 6.09 Å². The van der Waals surface area contributed by atoms with E-state index in [1.807, 2.05) is 6.07 Å². The van der Waals surface area contributed by atoms with Crippen LogP contribution in [0.25, 0.3) is 11.1 Å². The lowest BCUT2D eigenvalue weighted by molar-refractivity contribution is 0.0636. The van der Waals surface area contributed by atoms with E-state index in [9.17, 15) is 9.18 Å². The number of benzene rings is 2. The molecule has 0 spiro atoms. The summed E-state index contributed by atoms with van der Waals surface area (Å²) in [5.74, 6) is -0.0390. The molecule has 2 aromatic carbocycles. The van der Waals surface area contributed by atoms with E-state index in [-0.39, 0.29) is 23.8 Å². The van der Waals surface area contributed by atoms with Gasteiger partial charge in [0.25, 0.3) is 0 Å². The van der Waals surface area contributed by atoms with Crippen molar-refractivity contribution in [1.29, 1.82) is 5.26 Å². The molecule has 0 heterocycles. The molecule has 0 aliphatic heterocycles. The average Bonchev–Trinajstić information content (AvgIpc) is 2.54. The zero-order valence-electron chi connectivity index (χ0n) is 14.8. The number of hydrogen-bond donors (Lipinski definition) is 2. The minimum atomic E-state index is -0.662. The zero-order valence-corrected chi connectivity index (χ0v) is 14.8. The van der Waals surface area contributed by atoms with E-state index in [0.717, 1.165) is 0 Å². The molecular formula is C19H20FN3O3. The number of halogens is 1. The van der Waals surface area contributed by atoms with Crippen LogP contribution >= 0.6 is 0 Å². The van der Waals surface area contributed by atoms with Gasteiger partial charge in [-0.1, -0.05) is 12.1 Å². The van der Waals surface area contributed by atoms with E-state index in [1.54, 1.807) is 39.0 Å². The Morgan fingerprint density at radius 2 is 1.92 bits per heavy atom. The number of carbonyl (C=O) groups excluding carboxylic acids is 1. The summed E-state index contributed by atoms with van der Waals surface area (Å²) in [6.07, 6.45) is -0.662. The van der Waals surface area contributed by atoms with Crippen molar-refractivity contribution < 1.29 is 18.7 Å². The van der Waals surface area contributed by atoms with Crippen LogP contribution in [0.15, 0.2) is 36.4 Å². The summed E-state index contributed by atoms with van der Waals surface area (Å²) < 4.78 is 23.8. The van der Waals surface area contributed by atoms with Gasteiger partial charge in [0.05, 0.1) is 11.4 Å². The van der Waals surface area contributed by atoms with Gasteiger partial charge in [-0.25, -0.2) is 9.18 Å². The van der Waals surface area contributed by atoms with Gasteiger partial charge in [0, 0.05) is 11.6 Å². The highest BCUT2D eigenvalue weighted by Gasteiger charge is 2.18. The van der Waals surface area contributed by atoms with Crippen LogP contribution in [0.1, 0.15) is 20.8 Å². The van der Waals surface area contributed by atoms with E-state index in [2.05, 4.69) is 5.32 Å². The van der Waals surface area contributed by atoms with Crippen molar-refractivity contribution in [3.63, 3.8) is 0 Å². The van der Waals surface area contributed by atoms with Crippen molar-refractivity contribution in [3.05, 3.63) is 42.2 Å². The van der Waals surface area contributed by atoms with Crippen LogP contribution in [-0.4, -0.2) is 18.3 Å². The van der Waals surface area contributed by atoms with E-state index >= 15 is 0 Å². The number of nitrogens with two attached hydrogens (primary N) is 1. The summed E-state index contributed by atoms with van der Waals surface area (Å²) in [7, 11) is 0. The summed E-state index contributed by atoms with van der Waals surface area (Å²) in [6, 6.07) is 10.8. The number of carbonyl (C=O) groups is 1. The molecule has 2 aromatic rings. The van der Waals surface area contributed by atoms with Crippen molar-refractivity contribution in [3.8, 4) is 22.9 Å². The number of nitriles is 1. The van der Waals surface area contributed by atoms with Crippen LogP contribution < -0.4 is 15.8 Å². The maximum atomic E-state index is 13.2. The Kier molecular flexibility index (Phi) is 5.68. The molecule has 0 saturated heterocycles. The van der Waals surface area contributed by atoms with Crippen molar-refractivity contribution in [2.45, 2.75) is 26.4 Å². The zero-order chi connectivity index (χ0) is 19.3. The minimum Gasteiger partial charge on any atom is -0.478 e. The number of rotatable bonds is 4. The van der Waals surface area contributed by atoms with E-state index < -0.39 is 11.7 Å². The Hall–Kier alpha value is -3.27. The largest absolute Gasteiger partial charge is 0.478 e. The second-order valence-electron chi connectivity index (χ2n) is 6.52. The third-order valence-corrected chi connectivity index (χ3v) is 3.23. The summed E-state index contributed by atoms with van der Waals surface area (Å²) in [5.41, 5.74) is 7.18. The van der Waals surface area contributed by atoms with Crippen LogP contribution in [0, 0.1) is 17.1 Å². The van der Waals surface area contributed by atoms with Gasteiger partial charge in [-0.05, 0) is 44.5 Å². The molecule has 6 nitrogen and oxygen atoms in total. The molecule has 0 unspecified atom stereocenters. The summed E-state index contributed by atoms with van der Waals surface area (Å²) >= 11 is 0. The highest BCUT2D eigenvalue weighted by molar-refractivity contribution is 5.92. The monoisotopic (exact) mass is 357 g/mol. The molecule has 7 heteroatoms. The smallest absolute Gasteiger partial charge is 0.412 e. The predicted molar refractivity (Wildman–Crippen MR) is 97.2 cm³/mol. The number of nitrogens with one attached hydrogen (secondary N) is 1. The van der Waals surface area contributed by atoms with Crippen molar-refractivity contribution in [2.75, 3.05) is 17.7 Å². The number of anilines is 2. The van der Waals surface area contributed by atoms with Crippen molar-refractivity contribution in [1.82, 2.24) is 0 Å². The topological polar surface area (TPSA) is 97.4 Å². The lowest BCUT2D eigenvalue weighted by Gasteiger charge is -2.21. The first kappa shape index (κ1) is 19.1. The maximum absolute atomic E-state index is 13.2. The Morgan fingerprint density at radius 3 is 2.50 bits per heavy atom. The van der Waals surface area contributed by atoms with Gasteiger partial charge in [-0.2, -0.15) is 5.26 Å². The first-order valence-corrected chi connectivity index (χ1v) is 7.89. The molecule has 0 radical (unpaired) electrons. The van der Waals surface area contributed by atoms with Gasteiger partial charge in [0.1, 0.15) is 23.2 Å². The molecule has 2 rings (SSSR count). The second-order valence-corrected chi connectivity index (χ2v) is 6.52. The number of nitrogens with zero attached hydrogens (tertiary/aromatic N) is 1. The van der Waals surface area contributed by atoms with Gasteiger partial charge < -0.3 is 15.2 Å². The Balaban J connectivity index is 2.39. The molecule has 0 saturated carbocycles. The average molecular weight is 357 g/mol. The SMILES string of the molecule is CC(C)(C)OC(=O)Nc1cc(OCC#N)c(-c2ccc(F)cc2)cc1N. The molecule has 3 N–H and O–H groups in total. The number of ether oxygens (including phenoxy) is 2. The van der Waals surface area contributed by atoms with Gasteiger partial charge in [-0.3, -0.25) is 5.32 Å². The fraction of sp³-hybridized carbons (Fsp3) is 0.263. The van der Waals surface area contributed by atoms with E-state index in [4.69, 9.17) is 20.5 Å². The van der Waals surface area contributed by atoms with E-state index in [1.165, 1.54) is 18.2 Å². The molecule has 0 bridgehead atoms. The molecule has 0 aromatic heterocycles. The third kappa shape index (κ3) is 5.11. The highest BCUT2D eigenvalue weighted by Crippen LogP contribution is 2.37. The first-order valence-electron chi connectivity index (χ1n) is 7.89. The van der Waals surface area contributed by atoms with Crippen molar-refractivity contribution in [2.24, 2.45) is 0 Å². The van der Waals surface area contributed by atoms with Gasteiger partial charge in [-0.15, -0.1) is 0 Å². The molecule has 0 fully saturated rings. The Bertz CT molecular complexity index is 837. The summed E-state index contributed by atoms with van der Waals surface area (Å²) in [6.45, 7) is 5.04. The number of hydrogen-bond acceptors (Lipinski definition) is 5. The molecule has 0 aliphatic rings. The maximum Gasteiger partial charge on any atom is 0.412 e. The first-order chi connectivity index (χ1) is 12.2. The number of amides is 1. The molecular weight excluding hydrogens is 337 g/mol. The fourth-order valence-corrected chi connectivity index (χ4v) is 2.20. The van der Waals surface area contributed by atoms with Crippen LogP contribution in [0.3, 0.4) is 0 Å². The van der Waals surface area contributed by atoms with Gasteiger partial charge in [0.2, 0.25) is 0 Å². The summed E-state index contributed by atoms with van der Waals surface area (Å²) in [4.78, 5) is 12.0. The molecule has 136 valence electrons. The third-order valence-electron chi connectivity index (χ3n) is 3.23. The number of nitrogen functional groups attached to an aromatic ring is 1. The van der Waals surface area contributed by atoms with Crippen molar-refractivity contribution >= 4 is 17.5 Å². The summed E-state index contributed by atoms with van der Waals surface area (Å²) in [5, 5.41) is 11.3. The lowest BCUT2D eigenvalue weighted by atomic mass is 10.0. The molecule has 26 heavy (non-hydrogen) atoms. The van der Waals surface area contributed by atoms with E-state index in [0.29, 0.717) is 16.9 Å². The Labute approximate surface area is 151 Å². The molecule has 1 amide bonds. The fourth-order valence-electron chi connectivity index (χ4n) is 2.20. The standard InChI is InChI=1S/C19H20FN3O3/c1-19(2,3)26-18(24)23-16-11-17(25-9-8-21)14(10-15(16)22)12-4-6-13(20)7-5-12/h4-7,10-11H,9,22H2,1-3H3,(H,23,24). The predicted octanol–water partition coefficient (Wildman–Crippen LogP) is 4.32. The molecule has 0 aliphatic carbocycles.